The van der Waals surface area contributed by atoms with Gasteiger partial charge in [-0.25, -0.2) is 23.4 Å². The molecule has 0 saturated heterocycles. The van der Waals surface area contributed by atoms with Gasteiger partial charge in [-0.3, -0.25) is 0 Å². The van der Waals surface area contributed by atoms with Crippen LogP contribution in [0, 0.1) is 12.8 Å². The van der Waals surface area contributed by atoms with Crippen LogP contribution >= 0.6 is 11.3 Å². The molecule has 4 rings (SSSR count). The molecule has 1 unspecified atom stereocenters. The summed E-state index contributed by atoms with van der Waals surface area (Å²) in [6.07, 6.45) is 3.88. The molecule has 1 aliphatic rings. The van der Waals surface area contributed by atoms with Gasteiger partial charge < -0.3 is 0 Å². The molecular formula is C16H15N5O2S2. The quantitative estimate of drug-likeness (QED) is 0.696. The average molecular weight is 373 g/mol. The summed E-state index contributed by atoms with van der Waals surface area (Å²) in [5.74, 6) is 1.84. The molecule has 128 valence electrons. The van der Waals surface area contributed by atoms with Crippen LogP contribution < -0.4 is 0 Å². The third-order valence-electron chi connectivity index (χ3n) is 3.84. The van der Waals surface area contributed by atoms with Crippen LogP contribution in [0.25, 0.3) is 17.3 Å². The Kier molecular flexibility index (Phi) is 3.97. The van der Waals surface area contributed by atoms with Gasteiger partial charge in [0.2, 0.25) is 5.82 Å². The van der Waals surface area contributed by atoms with Gasteiger partial charge in [0, 0.05) is 23.4 Å². The third-order valence-corrected chi connectivity index (χ3v) is 6.08. The first-order valence-electron chi connectivity index (χ1n) is 7.71. The topological polar surface area (TPSA) is 90.6 Å². The number of aryl methyl sites for hydroxylation is 1. The van der Waals surface area contributed by atoms with E-state index in [1.165, 1.54) is 16.7 Å². The minimum atomic E-state index is -3.10. The van der Waals surface area contributed by atoms with E-state index >= 15 is 0 Å². The fourth-order valence-corrected chi connectivity index (χ4v) is 4.71. The van der Waals surface area contributed by atoms with Crippen LogP contribution in [0.5, 0.6) is 0 Å². The number of pyridine rings is 1. The Hall–Kier alpha value is -2.39. The molecule has 0 N–H and O–H groups in total. The van der Waals surface area contributed by atoms with E-state index in [0.717, 1.165) is 5.01 Å². The van der Waals surface area contributed by atoms with Gasteiger partial charge in [-0.15, -0.1) is 16.4 Å². The lowest BCUT2D eigenvalue weighted by Gasteiger charge is -2.07. The molecule has 0 saturated carbocycles. The molecule has 0 amide bonds. The van der Waals surface area contributed by atoms with E-state index in [9.17, 15) is 8.42 Å². The van der Waals surface area contributed by atoms with E-state index in [4.69, 9.17) is 0 Å². The highest BCUT2D eigenvalue weighted by molar-refractivity contribution is 7.94. The van der Waals surface area contributed by atoms with E-state index in [-0.39, 0.29) is 11.7 Å². The molecule has 0 aromatic carbocycles. The molecule has 0 fully saturated rings. The maximum absolute atomic E-state index is 11.7. The van der Waals surface area contributed by atoms with Gasteiger partial charge in [-0.2, -0.15) is 4.68 Å². The highest BCUT2D eigenvalue weighted by Crippen LogP contribution is 2.24. The smallest absolute Gasteiger partial charge is 0.201 e. The molecule has 0 radical (unpaired) electrons. The largest absolute Gasteiger partial charge is 0.238 e. The molecule has 3 aromatic heterocycles. The van der Waals surface area contributed by atoms with Gasteiger partial charge in [-0.05, 0) is 25.0 Å². The van der Waals surface area contributed by atoms with Crippen LogP contribution in [0.3, 0.4) is 0 Å². The number of hydrogen-bond donors (Lipinski definition) is 0. The minimum absolute atomic E-state index is 0.104. The second-order valence-corrected chi connectivity index (χ2v) is 8.82. The van der Waals surface area contributed by atoms with Crippen LogP contribution in [0.4, 0.5) is 0 Å². The van der Waals surface area contributed by atoms with Crippen molar-refractivity contribution in [2.24, 2.45) is 5.92 Å². The standard InChI is InChI=1S/C16H15N5O2S2/c1-11-18-13(9-24-11)16-19-15(8-12-5-7-25(22,23)10-12)21(20-16)14-4-2-3-6-17-14/h2-7,9,12H,8,10H2,1H3. The van der Waals surface area contributed by atoms with Crippen LogP contribution in [-0.2, 0) is 16.3 Å². The summed E-state index contributed by atoms with van der Waals surface area (Å²) in [6.45, 7) is 1.93. The normalized spacial score (nSPS) is 18.7. The van der Waals surface area contributed by atoms with E-state index < -0.39 is 9.84 Å². The Morgan fingerprint density at radius 3 is 2.84 bits per heavy atom. The van der Waals surface area contributed by atoms with Gasteiger partial charge in [0.15, 0.2) is 15.7 Å². The molecule has 4 heterocycles. The maximum Gasteiger partial charge on any atom is 0.201 e. The van der Waals surface area contributed by atoms with Crippen molar-refractivity contribution in [3.05, 3.63) is 52.1 Å². The zero-order valence-corrected chi connectivity index (χ0v) is 15.0. The molecule has 0 bridgehead atoms. The monoisotopic (exact) mass is 373 g/mol. The van der Waals surface area contributed by atoms with Crippen molar-refractivity contribution in [1.29, 1.82) is 0 Å². The Morgan fingerprint density at radius 1 is 1.32 bits per heavy atom. The summed E-state index contributed by atoms with van der Waals surface area (Å²) in [5, 5.41) is 8.69. The average Bonchev–Trinajstić information content (AvgIpc) is 3.27. The van der Waals surface area contributed by atoms with E-state index in [2.05, 4.69) is 20.1 Å². The minimum Gasteiger partial charge on any atom is -0.238 e. The number of hydrogen-bond acceptors (Lipinski definition) is 7. The zero-order chi connectivity index (χ0) is 17.4. The SMILES string of the molecule is Cc1nc(-c2nc(CC3C=CS(=O)(=O)C3)n(-c3ccccn3)n2)cs1. The number of allylic oxidation sites excluding steroid dienone is 1. The predicted octanol–water partition coefficient (Wildman–Crippen LogP) is 2.20. The summed E-state index contributed by atoms with van der Waals surface area (Å²) >= 11 is 1.54. The zero-order valence-electron chi connectivity index (χ0n) is 13.4. The van der Waals surface area contributed by atoms with Crippen molar-refractivity contribution in [3.63, 3.8) is 0 Å². The number of sulfone groups is 1. The first kappa shape index (κ1) is 16.1. The number of thiazole rings is 1. The van der Waals surface area contributed by atoms with Crippen molar-refractivity contribution in [2.75, 3.05) is 5.75 Å². The third kappa shape index (κ3) is 3.38. The predicted molar refractivity (Wildman–Crippen MR) is 95.1 cm³/mol. The molecule has 1 atom stereocenters. The molecular weight excluding hydrogens is 358 g/mol. The molecule has 9 heteroatoms. The van der Waals surface area contributed by atoms with E-state index in [0.29, 0.717) is 29.6 Å². The Morgan fingerprint density at radius 2 is 2.20 bits per heavy atom. The first-order valence-corrected chi connectivity index (χ1v) is 10.3. The number of nitrogens with zero attached hydrogens (tertiary/aromatic N) is 5. The fraction of sp³-hybridized carbons (Fsp3) is 0.250. The van der Waals surface area contributed by atoms with E-state index in [1.807, 2.05) is 30.5 Å². The summed E-state index contributed by atoms with van der Waals surface area (Å²) in [5.41, 5.74) is 0.716. The Labute approximate surface area is 149 Å². The molecule has 3 aromatic rings. The van der Waals surface area contributed by atoms with Crippen molar-refractivity contribution in [1.82, 2.24) is 24.7 Å². The van der Waals surface area contributed by atoms with Crippen LogP contribution in [0.15, 0.2) is 41.3 Å². The summed E-state index contributed by atoms with van der Waals surface area (Å²) < 4.78 is 25.0. The number of rotatable bonds is 4. The van der Waals surface area contributed by atoms with E-state index in [1.54, 1.807) is 17.0 Å². The van der Waals surface area contributed by atoms with Crippen LogP contribution in [-0.4, -0.2) is 38.9 Å². The highest BCUT2D eigenvalue weighted by atomic mass is 32.2. The van der Waals surface area contributed by atoms with Gasteiger partial charge in [0.05, 0.1) is 10.8 Å². The highest BCUT2D eigenvalue weighted by Gasteiger charge is 2.25. The Bertz CT molecular complexity index is 1040. The lowest BCUT2D eigenvalue weighted by Crippen LogP contribution is -2.13. The maximum atomic E-state index is 11.7. The summed E-state index contributed by atoms with van der Waals surface area (Å²) in [4.78, 5) is 13.4. The molecule has 25 heavy (non-hydrogen) atoms. The van der Waals surface area contributed by atoms with Gasteiger partial charge in [0.25, 0.3) is 0 Å². The first-order chi connectivity index (χ1) is 12.0. The summed E-state index contributed by atoms with van der Waals surface area (Å²) in [7, 11) is -3.10. The Balaban J connectivity index is 1.73. The lowest BCUT2D eigenvalue weighted by molar-refractivity contribution is 0.593. The fourth-order valence-electron chi connectivity index (χ4n) is 2.72. The van der Waals surface area contributed by atoms with Crippen LogP contribution in [0.1, 0.15) is 10.8 Å². The number of aromatic nitrogens is 5. The van der Waals surface area contributed by atoms with Crippen molar-refractivity contribution in [2.45, 2.75) is 13.3 Å². The van der Waals surface area contributed by atoms with Crippen molar-refractivity contribution >= 4 is 21.2 Å². The van der Waals surface area contributed by atoms with Crippen molar-refractivity contribution < 1.29 is 8.42 Å². The molecule has 7 nitrogen and oxygen atoms in total. The van der Waals surface area contributed by atoms with Crippen LogP contribution in [0.2, 0.25) is 0 Å². The van der Waals surface area contributed by atoms with Crippen molar-refractivity contribution in [3.8, 4) is 17.3 Å². The van der Waals surface area contributed by atoms with Gasteiger partial charge in [0.1, 0.15) is 11.5 Å². The molecule has 1 aliphatic heterocycles. The van der Waals surface area contributed by atoms with Gasteiger partial charge in [-0.1, -0.05) is 12.1 Å². The summed E-state index contributed by atoms with van der Waals surface area (Å²) in [6, 6.07) is 5.55. The second-order valence-electron chi connectivity index (χ2n) is 5.83. The molecule has 0 spiro atoms. The van der Waals surface area contributed by atoms with Gasteiger partial charge >= 0.3 is 0 Å². The molecule has 0 aliphatic carbocycles. The second kappa shape index (κ2) is 6.16. The lowest BCUT2D eigenvalue weighted by atomic mass is 10.1.